The molecule has 0 heterocycles. The molecule has 0 saturated heterocycles. The molecule has 0 radical (unpaired) electrons. The summed E-state index contributed by atoms with van der Waals surface area (Å²) in [6.07, 6.45) is 1.83. The van der Waals surface area contributed by atoms with Crippen LogP contribution in [0, 0.1) is 13.8 Å². The highest BCUT2D eigenvalue weighted by molar-refractivity contribution is 9.11. The van der Waals surface area contributed by atoms with Crippen LogP contribution in [0.3, 0.4) is 0 Å². The van der Waals surface area contributed by atoms with E-state index >= 15 is 0 Å². The van der Waals surface area contributed by atoms with Crippen LogP contribution >= 0.6 is 43.5 Å². The predicted octanol–water partition coefficient (Wildman–Crippen LogP) is 7.81. The Morgan fingerprint density at radius 3 is 2.56 bits per heavy atom. The molecule has 0 aliphatic heterocycles. The van der Waals surface area contributed by atoms with E-state index in [1.165, 1.54) is 5.56 Å². The molecular weight excluding hydrogens is 490 g/mol. The molecule has 27 heavy (non-hydrogen) atoms. The lowest BCUT2D eigenvalue weighted by Gasteiger charge is -2.13. The van der Waals surface area contributed by atoms with Gasteiger partial charge in [-0.1, -0.05) is 63.4 Å². The normalized spacial score (nSPS) is 11.1. The van der Waals surface area contributed by atoms with E-state index in [9.17, 15) is 0 Å². The van der Waals surface area contributed by atoms with Crippen LogP contribution in [0.25, 0.3) is 0 Å². The fraction of sp³-hybridized carbons (Fsp3) is 0.136. The number of benzene rings is 3. The molecule has 3 aromatic rings. The Bertz CT molecular complexity index is 1000. The van der Waals surface area contributed by atoms with Crippen molar-refractivity contribution >= 4 is 55.4 Å². The molecule has 0 aromatic heterocycles. The SMILES string of the molecule is Cc1ccc(N=Cc2cc(Br)cc(Br)c2OCc2ccccc2Cl)c(C)c1. The van der Waals surface area contributed by atoms with Gasteiger partial charge in [0.1, 0.15) is 12.4 Å². The average Bonchev–Trinajstić information content (AvgIpc) is 2.61. The van der Waals surface area contributed by atoms with Crippen molar-refractivity contribution in [3.8, 4) is 5.75 Å². The zero-order chi connectivity index (χ0) is 19.4. The van der Waals surface area contributed by atoms with Gasteiger partial charge in [-0.3, -0.25) is 4.99 Å². The Balaban J connectivity index is 1.90. The van der Waals surface area contributed by atoms with Crippen molar-refractivity contribution in [1.29, 1.82) is 0 Å². The topological polar surface area (TPSA) is 21.6 Å². The van der Waals surface area contributed by atoms with Gasteiger partial charge in [-0.05, 0) is 59.6 Å². The minimum absolute atomic E-state index is 0.379. The Morgan fingerprint density at radius 1 is 1.04 bits per heavy atom. The average molecular weight is 508 g/mol. The predicted molar refractivity (Wildman–Crippen MR) is 121 cm³/mol. The molecule has 0 spiro atoms. The van der Waals surface area contributed by atoms with Gasteiger partial charge in [0.2, 0.25) is 0 Å². The summed E-state index contributed by atoms with van der Waals surface area (Å²) in [6, 6.07) is 17.8. The highest BCUT2D eigenvalue weighted by Crippen LogP contribution is 2.33. The van der Waals surface area contributed by atoms with Crippen LogP contribution in [0.5, 0.6) is 5.75 Å². The summed E-state index contributed by atoms with van der Waals surface area (Å²) >= 11 is 13.4. The molecule has 3 rings (SSSR count). The van der Waals surface area contributed by atoms with Gasteiger partial charge < -0.3 is 4.74 Å². The Kier molecular flexibility index (Phi) is 6.74. The molecule has 3 aromatic carbocycles. The third-order valence-electron chi connectivity index (χ3n) is 4.06. The van der Waals surface area contributed by atoms with E-state index < -0.39 is 0 Å². The Morgan fingerprint density at radius 2 is 1.81 bits per heavy atom. The van der Waals surface area contributed by atoms with E-state index in [1.54, 1.807) is 0 Å². The standard InChI is InChI=1S/C22H18Br2ClNO/c1-14-7-8-21(15(2)9-14)26-12-17-10-18(23)11-19(24)22(17)27-13-16-5-3-4-6-20(16)25/h3-12H,13H2,1-2H3. The Hall–Kier alpha value is -1.62. The van der Waals surface area contributed by atoms with E-state index in [2.05, 4.69) is 62.8 Å². The van der Waals surface area contributed by atoms with E-state index in [1.807, 2.05) is 48.7 Å². The van der Waals surface area contributed by atoms with Gasteiger partial charge in [0, 0.05) is 26.8 Å². The van der Waals surface area contributed by atoms with Gasteiger partial charge in [0.25, 0.3) is 0 Å². The monoisotopic (exact) mass is 505 g/mol. The Labute approximate surface area is 181 Å². The van der Waals surface area contributed by atoms with Crippen LogP contribution in [0.2, 0.25) is 5.02 Å². The molecule has 2 nitrogen and oxygen atoms in total. The highest BCUT2D eigenvalue weighted by Gasteiger charge is 2.11. The summed E-state index contributed by atoms with van der Waals surface area (Å²) in [5.41, 5.74) is 5.11. The van der Waals surface area contributed by atoms with E-state index in [4.69, 9.17) is 16.3 Å². The third-order valence-corrected chi connectivity index (χ3v) is 5.48. The van der Waals surface area contributed by atoms with Gasteiger partial charge in [-0.25, -0.2) is 0 Å². The summed E-state index contributed by atoms with van der Waals surface area (Å²) in [5.74, 6) is 0.728. The largest absolute Gasteiger partial charge is 0.487 e. The molecule has 0 N–H and O–H groups in total. The van der Waals surface area contributed by atoms with Crippen molar-refractivity contribution in [3.63, 3.8) is 0 Å². The van der Waals surface area contributed by atoms with Gasteiger partial charge in [-0.2, -0.15) is 0 Å². The van der Waals surface area contributed by atoms with Crippen LogP contribution in [0.15, 0.2) is 68.5 Å². The van der Waals surface area contributed by atoms with Crippen molar-refractivity contribution in [2.75, 3.05) is 0 Å². The maximum absolute atomic E-state index is 6.24. The zero-order valence-electron chi connectivity index (χ0n) is 15.0. The summed E-state index contributed by atoms with van der Waals surface area (Å²) in [4.78, 5) is 4.66. The molecule has 0 aliphatic rings. The lowest BCUT2D eigenvalue weighted by atomic mass is 10.1. The number of hydrogen-bond acceptors (Lipinski definition) is 2. The third kappa shape index (κ3) is 5.22. The maximum Gasteiger partial charge on any atom is 0.142 e. The van der Waals surface area contributed by atoms with Crippen molar-refractivity contribution in [3.05, 3.63) is 90.8 Å². The number of aryl methyl sites for hydroxylation is 2. The van der Waals surface area contributed by atoms with Crippen molar-refractivity contribution in [1.82, 2.24) is 0 Å². The number of nitrogens with zero attached hydrogens (tertiary/aromatic N) is 1. The summed E-state index contributed by atoms with van der Waals surface area (Å²) < 4.78 is 7.88. The lowest BCUT2D eigenvalue weighted by molar-refractivity contribution is 0.304. The van der Waals surface area contributed by atoms with Crippen molar-refractivity contribution in [2.24, 2.45) is 4.99 Å². The molecule has 0 bridgehead atoms. The molecular formula is C22H18Br2ClNO. The minimum Gasteiger partial charge on any atom is -0.487 e. The molecule has 5 heteroatoms. The quantitative estimate of drug-likeness (QED) is 0.323. The van der Waals surface area contributed by atoms with Crippen LogP contribution in [-0.2, 0) is 6.61 Å². The van der Waals surface area contributed by atoms with E-state index in [0.717, 1.165) is 37.1 Å². The molecule has 0 amide bonds. The summed E-state index contributed by atoms with van der Waals surface area (Å²) in [7, 11) is 0. The molecule has 0 saturated carbocycles. The number of halogens is 3. The van der Waals surface area contributed by atoms with Crippen LogP contribution in [-0.4, -0.2) is 6.21 Å². The van der Waals surface area contributed by atoms with Crippen molar-refractivity contribution < 1.29 is 4.74 Å². The number of rotatable bonds is 5. The molecule has 0 fully saturated rings. The van der Waals surface area contributed by atoms with Crippen molar-refractivity contribution in [2.45, 2.75) is 20.5 Å². The first-order chi connectivity index (χ1) is 12.9. The number of hydrogen-bond donors (Lipinski definition) is 0. The van der Waals surface area contributed by atoms with Gasteiger partial charge in [0.05, 0.1) is 10.2 Å². The summed E-state index contributed by atoms with van der Waals surface area (Å²) in [5, 5.41) is 0.691. The van der Waals surface area contributed by atoms with Crippen LogP contribution < -0.4 is 4.74 Å². The number of ether oxygens (including phenoxy) is 1. The highest BCUT2D eigenvalue weighted by atomic mass is 79.9. The summed E-state index contributed by atoms with van der Waals surface area (Å²) in [6.45, 7) is 4.52. The second-order valence-electron chi connectivity index (χ2n) is 6.23. The first-order valence-corrected chi connectivity index (χ1v) is 10.4. The van der Waals surface area contributed by atoms with E-state index in [0.29, 0.717) is 11.6 Å². The smallest absolute Gasteiger partial charge is 0.142 e. The van der Waals surface area contributed by atoms with Crippen LogP contribution in [0.4, 0.5) is 5.69 Å². The molecule has 0 aliphatic carbocycles. The first kappa shape index (κ1) is 20.1. The minimum atomic E-state index is 0.379. The second-order valence-corrected chi connectivity index (χ2v) is 8.41. The van der Waals surface area contributed by atoms with Gasteiger partial charge in [-0.15, -0.1) is 0 Å². The van der Waals surface area contributed by atoms with Gasteiger partial charge >= 0.3 is 0 Å². The zero-order valence-corrected chi connectivity index (χ0v) is 18.9. The molecule has 138 valence electrons. The fourth-order valence-electron chi connectivity index (χ4n) is 2.68. The molecule has 0 atom stereocenters. The number of aliphatic imine (C=N–C) groups is 1. The first-order valence-electron chi connectivity index (χ1n) is 8.40. The second kappa shape index (κ2) is 9.05. The van der Waals surface area contributed by atoms with Gasteiger partial charge in [0.15, 0.2) is 0 Å². The lowest BCUT2D eigenvalue weighted by Crippen LogP contribution is -2.00. The maximum atomic E-state index is 6.24. The van der Waals surface area contributed by atoms with Crippen LogP contribution in [0.1, 0.15) is 22.3 Å². The van der Waals surface area contributed by atoms with E-state index in [-0.39, 0.29) is 0 Å². The fourth-order valence-corrected chi connectivity index (χ4v) is 4.25. The molecule has 0 unspecified atom stereocenters.